The number of rotatable bonds is 2. The molecule has 5 heteroatoms. The summed E-state index contributed by atoms with van der Waals surface area (Å²) in [5.41, 5.74) is 2.79. The van der Waals surface area contributed by atoms with Gasteiger partial charge in [-0.2, -0.15) is 0 Å². The van der Waals surface area contributed by atoms with Crippen LogP contribution >= 0.6 is 11.6 Å². The van der Waals surface area contributed by atoms with Crippen LogP contribution in [0.2, 0.25) is 5.02 Å². The van der Waals surface area contributed by atoms with Crippen molar-refractivity contribution in [3.8, 4) is 5.75 Å². The third-order valence-corrected chi connectivity index (χ3v) is 5.27. The molecule has 1 aliphatic rings. The first-order chi connectivity index (χ1) is 11.7. The molecule has 2 aromatic rings. The number of aromatic hydroxyl groups is 1. The van der Waals surface area contributed by atoms with Gasteiger partial charge in [0.05, 0.1) is 0 Å². The molecule has 1 N–H and O–H groups in total. The quantitative estimate of drug-likeness (QED) is 0.701. The normalized spacial score (nSPS) is 19.3. The fraction of sp³-hybridized carbons (Fsp3) is 0.350. The van der Waals surface area contributed by atoms with Crippen molar-refractivity contribution < 1.29 is 9.50 Å². The van der Waals surface area contributed by atoms with E-state index in [1.165, 1.54) is 12.3 Å². The molecule has 1 unspecified atom stereocenters. The maximum absolute atomic E-state index is 14.6. The maximum atomic E-state index is 14.6. The lowest BCUT2D eigenvalue weighted by Crippen LogP contribution is -2.45. The average molecular weight is 361 g/mol. The molecule has 3 nitrogen and oxygen atoms in total. The van der Waals surface area contributed by atoms with E-state index in [0.29, 0.717) is 22.2 Å². The van der Waals surface area contributed by atoms with Crippen molar-refractivity contribution in [1.82, 2.24) is 0 Å². The molecule has 132 valence electrons. The fourth-order valence-electron chi connectivity index (χ4n) is 3.45. The molecule has 0 spiro atoms. The van der Waals surface area contributed by atoms with Gasteiger partial charge in [0.25, 0.3) is 0 Å². The molecule has 1 heterocycles. The SMILES string of the molecule is CC1CC(C)(C)N(C)c2cc(F)c(C=Nc3ccc(Cl)cc3O)cc21. The molecule has 0 saturated carbocycles. The standard InChI is InChI=1S/C20H22ClFN2O/c1-12-10-20(2,3)24(4)18-9-16(22)13(7-15(12)18)11-23-17-6-5-14(21)8-19(17)25/h5-9,11-12,25H,10H2,1-4H3. The Morgan fingerprint density at radius 2 is 2.04 bits per heavy atom. The molecule has 1 atom stereocenters. The van der Waals surface area contributed by atoms with Crippen molar-refractivity contribution in [1.29, 1.82) is 0 Å². The smallest absolute Gasteiger partial charge is 0.142 e. The molecule has 1 aliphatic heterocycles. The van der Waals surface area contributed by atoms with E-state index < -0.39 is 0 Å². The van der Waals surface area contributed by atoms with Gasteiger partial charge in [-0.15, -0.1) is 0 Å². The highest BCUT2D eigenvalue weighted by Crippen LogP contribution is 2.43. The number of benzene rings is 2. The number of halogens is 2. The second-order valence-corrected chi connectivity index (χ2v) is 7.74. The van der Waals surface area contributed by atoms with Gasteiger partial charge in [0.15, 0.2) is 0 Å². The van der Waals surface area contributed by atoms with E-state index in [9.17, 15) is 9.50 Å². The van der Waals surface area contributed by atoms with Crippen LogP contribution in [0.4, 0.5) is 15.8 Å². The van der Waals surface area contributed by atoms with E-state index >= 15 is 0 Å². The summed E-state index contributed by atoms with van der Waals surface area (Å²) >= 11 is 5.81. The van der Waals surface area contributed by atoms with Gasteiger partial charge in [0.2, 0.25) is 0 Å². The lowest BCUT2D eigenvalue weighted by molar-refractivity contribution is 0.394. The molecule has 25 heavy (non-hydrogen) atoms. The molecule has 0 saturated heterocycles. The van der Waals surface area contributed by atoms with E-state index in [1.807, 2.05) is 13.1 Å². The van der Waals surface area contributed by atoms with Crippen molar-refractivity contribution in [2.45, 2.75) is 38.6 Å². The number of phenols is 1. The molecule has 3 rings (SSSR count). The van der Waals surface area contributed by atoms with Crippen LogP contribution in [0.3, 0.4) is 0 Å². The first kappa shape index (κ1) is 17.7. The van der Waals surface area contributed by atoms with Gasteiger partial charge in [0.1, 0.15) is 17.3 Å². The fourth-order valence-corrected chi connectivity index (χ4v) is 3.61. The van der Waals surface area contributed by atoms with Crippen molar-refractivity contribution in [2.75, 3.05) is 11.9 Å². The number of hydrogen-bond donors (Lipinski definition) is 1. The number of phenolic OH excluding ortho intramolecular Hbond substituents is 1. The summed E-state index contributed by atoms with van der Waals surface area (Å²) in [5.74, 6) is -0.0254. The molecule has 0 bridgehead atoms. The maximum Gasteiger partial charge on any atom is 0.142 e. The second kappa shape index (κ2) is 6.34. The van der Waals surface area contributed by atoms with Gasteiger partial charge < -0.3 is 10.0 Å². The van der Waals surface area contributed by atoms with Crippen LogP contribution in [0.5, 0.6) is 5.75 Å². The largest absolute Gasteiger partial charge is 0.506 e. The third kappa shape index (κ3) is 3.36. The monoisotopic (exact) mass is 360 g/mol. The highest BCUT2D eigenvalue weighted by Gasteiger charge is 2.34. The predicted molar refractivity (Wildman–Crippen MR) is 102 cm³/mol. The van der Waals surface area contributed by atoms with Crippen LogP contribution in [-0.4, -0.2) is 23.9 Å². The third-order valence-electron chi connectivity index (χ3n) is 5.03. The van der Waals surface area contributed by atoms with Gasteiger partial charge in [-0.1, -0.05) is 18.5 Å². The molecule has 0 amide bonds. The van der Waals surface area contributed by atoms with Gasteiger partial charge in [-0.25, -0.2) is 4.39 Å². The van der Waals surface area contributed by atoms with Crippen LogP contribution in [-0.2, 0) is 0 Å². The Balaban J connectivity index is 1.99. The Morgan fingerprint density at radius 1 is 1.32 bits per heavy atom. The van der Waals surface area contributed by atoms with E-state index in [4.69, 9.17) is 11.6 Å². The van der Waals surface area contributed by atoms with Crippen LogP contribution in [0.25, 0.3) is 0 Å². The second-order valence-electron chi connectivity index (χ2n) is 7.30. The van der Waals surface area contributed by atoms with Crippen LogP contribution in [0.1, 0.15) is 44.2 Å². The molecular weight excluding hydrogens is 339 g/mol. The zero-order chi connectivity index (χ0) is 18.4. The summed E-state index contributed by atoms with van der Waals surface area (Å²) in [6.45, 7) is 6.50. The van der Waals surface area contributed by atoms with Gasteiger partial charge in [0, 0.05) is 41.1 Å². The highest BCUT2D eigenvalue weighted by atomic mass is 35.5. The van der Waals surface area contributed by atoms with Crippen molar-refractivity contribution in [3.05, 3.63) is 52.3 Å². The number of aliphatic imine (C=N–C) groups is 1. The zero-order valence-corrected chi connectivity index (χ0v) is 15.6. The molecule has 0 aliphatic carbocycles. The molecule has 0 fully saturated rings. The summed E-state index contributed by atoms with van der Waals surface area (Å²) in [4.78, 5) is 6.35. The van der Waals surface area contributed by atoms with Gasteiger partial charge in [-0.3, -0.25) is 4.99 Å². The summed E-state index contributed by atoms with van der Waals surface area (Å²) in [6.07, 6.45) is 2.45. The van der Waals surface area contributed by atoms with Crippen LogP contribution < -0.4 is 4.90 Å². The summed E-state index contributed by atoms with van der Waals surface area (Å²) in [5, 5.41) is 10.3. The minimum atomic E-state index is -0.326. The Morgan fingerprint density at radius 3 is 2.72 bits per heavy atom. The minimum absolute atomic E-state index is 0.0104. The number of anilines is 1. The molecule has 2 aromatic carbocycles. The Kier molecular flexibility index (Phi) is 4.50. The van der Waals surface area contributed by atoms with E-state index in [1.54, 1.807) is 18.2 Å². The molecule has 0 aromatic heterocycles. The lowest BCUT2D eigenvalue weighted by atomic mass is 9.80. The van der Waals surface area contributed by atoms with Gasteiger partial charge >= 0.3 is 0 Å². The highest BCUT2D eigenvalue weighted by molar-refractivity contribution is 6.30. The van der Waals surface area contributed by atoms with Crippen molar-refractivity contribution in [2.24, 2.45) is 4.99 Å². The van der Waals surface area contributed by atoms with Crippen molar-refractivity contribution in [3.63, 3.8) is 0 Å². The van der Waals surface area contributed by atoms with Crippen LogP contribution in [0, 0.1) is 5.82 Å². The van der Waals surface area contributed by atoms with E-state index in [2.05, 4.69) is 30.7 Å². The Bertz CT molecular complexity index is 848. The molecule has 0 radical (unpaired) electrons. The van der Waals surface area contributed by atoms with Crippen LogP contribution in [0.15, 0.2) is 35.3 Å². The number of hydrogen-bond acceptors (Lipinski definition) is 3. The topological polar surface area (TPSA) is 35.8 Å². The Labute approximate surface area is 152 Å². The van der Waals surface area contributed by atoms with E-state index in [0.717, 1.165) is 17.7 Å². The molecular formula is C20H22ClFN2O. The zero-order valence-electron chi connectivity index (χ0n) is 14.8. The Hall–Kier alpha value is -2.07. The predicted octanol–water partition coefficient (Wildman–Crippen LogP) is 5.66. The first-order valence-corrected chi connectivity index (χ1v) is 8.67. The summed E-state index contributed by atoms with van der Waals surface area (Å²) < 4.78 is 14.6. The van der Waals surface area contributed by atoms with E-state index in [-0.39, 0.29) is 17.1 Å². The lowest BCUT2D eigenvalue weighted by Gasteiger charge is -2.45. The first-order valence-electron chi connectivity index (χ1n) is 8.29. The number of fused-ring (bicyclic) bond motifs is 1. The van der Waals surface area contributed by atoms with Crippen molar-refractivity contribution >= 4 is 29.2 Å². The minimum Gasteiger partial charge on any atom is -0.506 e. The summed E-state index contributed by atoms with van der Waals surface area (Å²) in [6, 6.07) is 8.09. The number of nitrogens with zero attached hydrogens (tertiary/aromatic N) is 2. The van der Waals surface area contributed by atoms with Gasteiger partial charge in [-0.05, 0) is 56.0 Å². The average Bonchev–Trinajstić information content (AvgIpc) is 2.52. The summed E-state index contributed by atoms with van der Waals surface area (Å²) in [7, 11) is 2.00.